The zero-order chi connectivity index (χ0) is 16.4. The van der Waals surface area contributed by atoms with Crippen LogP contribution in [0.2, 0.25) is 0 Å². The number of anilines is 1. The lowest BCUT2D eigenvalue weighted by Gasteiger charge is -2.23. The van der Waals surface area contributed by atoms with Crippen LogP contribution in [0.25, 0.3) is 0 Å². The van der Waals surface area contributed by atoms with Gasteiger partial charge in [0.1, 0.15) is 5.82 Å². The van der Waals surface area contributed by atoms with Crippen molar-refractivity contribution in [1.82, 2.24) is 10.0 Å². The van der Waals surface area contributed by atoms with E-state index in [2.05, 4.69) is 10.0 Å². The van der Waals surface area contributed by atoms with Gasteiger partial charge in [-0.2, -0.15) is 4.72 Å². The third-order valence-corrected chi connectivity index (χ3v) is 3.95. The molecule has 0 aromatic heterocycles. The van der Waals surface area contributed by atoms with E-state index in [-0.39, 0.29) is 10.6 Å². The highest BCUT2D eigenvalue weighted by molar-refractivity contribution is 7.89. The highest BCUT2D eigenvalue weighted by atomic mass is 32.2. The van der Waals surface area contributed by atoms with E-state index in [1.807, 2.05) is 0 Å². The van der Waals surface area contributed by atoms with E-state index >= 15 is 0 Å². The Kier molecular flexibility index (Phi) is 4.95. The summed E-state index contributed by atoms with van der Waals surface area (Å²) in [4.78, 5) is 11.5. The predicted molar refractivity (Wildman–Crippen MR) is 78.5 cm³/mol. The molecule has 0 fully saturated rings. The molecular weight excluding hydrogens is 297 g/mol. The van der Waals surface area contributed by atoms with Crippen molar-refractivity contribution in [2.45, 2.75) is 44.2 Å². The Morgan fingerprint density at radius 1 is 1.29 bits per heavy atom. The van der Waals surface area contributed by atoms with Crippen LogP contribution in [0.1, 0.15) is 27.7 Å². The van der Waals surface area contributed by atoms with Crippen LogP contribution in [0.5, 0.6) is 0 Å². The van der Waals surface area contributed by atoms with Gasteiger partial charge in [0, 0.05) is 11.2 Å². The lowest BCUT2D eigenvalue weighted by molar-refractivity contribution is -0.123. The first kappa shape index (κ1) is 17.4. The van der Waals surface area contributed by atoms with Gasteiger partial charge in [-0.1, -0.05) is 0 Å². The molecule has 0 aliphatic rings. The zero-order valence-electron chi connectivity index (χ0n) is 12.4. The summed E-state index contributed by atoms with van der Waals surface area (Å²) in [6, 6.07) is 1.97. The molecule has 0 aliphatic heterocycles. The average Bonchev–Trinajstić information content (AvgIpc) is 2.24. The second-order valence-electron chi connectivity index (χ2n) is 5.80. The van der Waals surface area contributed by atoms with Crippen molar-refractivity contribution in [3.8, 4) is 0 Å². The van der Waals surface area contributed by atoms with Crippen LogP contribution in [-0.2, 0) is 14.8 Å². The molecule has 118 valence electrons. The minimum Gasteiger partial charge on any atom is -0.399 e. The largest absolute Gasteiger partial charge is 0.399 e. The maximum absolute atomic E-state index is 13.2. The Balaban J connectivity index is 2.92. The quantitative estimate of drug-likeness (QED) is 0.721. The first-order valence-corrected chi connectivity index (χ1v) is 7.79. The van der Waals surface area contributed by atoms with Gasteiger partial charge in [0.05, 0.1) is 10.9 Å². The lowest BCUT2D eigenvalue weighted by Crippen LogP contribution is -2.50. The summed E-state index contributed by atoms with van der Waals surface area (Å²) in [5.74, 6) is -1.24. The maximum atomic E-state index is 13.2. The molecule has 8 heteroatoms. The van der Waals surface area contributed by atoms with Crippen LogP contribution in [0.15, 0.2) is 23.1 Å². The number of benzene rings is 1. The van der Waals surface area contributed by atoms with Crippen molar-refractivity contribution in [2.24, 2.45) is 0 Å². The van der Waals surface area contributed by atoms with Crippen LogP contribution in [0.3, 0.4) is 0 Å². The monoisotopic (exact) mass is 317 g/mol. The lowest BCUT2D eigenvalue weighted by atomic mass is 10.1. The molecule has 0 radical (unpaired) electrons. The van der Waals surface area contributed by atoms with E-state index in [1.165, 1.54) is 6.92 Å². The number of rotatable bonds is 4. The molecular formula is C13H20FN3O3S. The van der Waals surface area contributed by atoms with Crippen molar-refractivity contribution in [3.05, 3.63) is 24.0 Å². The third kappa shape index (κ3) is 5.31. The summed E-state index contributed by atoms with van der Waals surface area (Å²) in [5, 5.41) is 2.65. The standard InChI is InChI=1S/C13H20FN3O3S/c1-8(12(18)16-13(2,3)4)17-21(19,20)11-6-9(14)5-10(15)7-11/h5-8,17H,15H2,1-4H3,(H,16,18). The van der Waals surface area contributed by atoms with E-state index in [0.29, 0.717) is 0 Å². The van der Waals surface area contributed by atoms with Gasteiger partial charge in [0.25, 0.3) is 0 Å². The molecule has 6 nitrogen and oxygen atoms in total. The summed E-state index contributed by atoms with van der Waals surface area (Å²) in [7, 11) is -4.04. The summed E-state index contributed by atoms with van der Waals surface area (Å²) < 4.78 is 39.6. The van der Waals surface area contributed by atoms with Crippen LogP contribution in [0.4, 0.5) is 10.1 Å². The summed E-state index contributed by atoms with van der Waals surface area (Å²) >= 11 is 0. The Morgan fingerprint density at radius 2 is 1.86 bits per heavy atom. The van der Waals surface area contributed by atoms with E-state index in [1.54, 1.807) is 20.8 Å². The average molecular weight is 317 g/mol. The number of halogens is 1. The van der Waals surface area contributed by atoms with Gasteiger partial charge < -0.3 is 11.1 Å². The summed E-state index contributed by atoms with van der Waals surface area (Å²) in [6.07, 6.45) is 0. The molecule has 1 unspecified atom stereocenters. The van der Waals surface area contributed by atoms with E-state index in [4.69, 9.17) is 5.73 Å². The molecule has 0 heterocycles. The van der Waals surface area contributed by atoms with Crippen molar-refractivity contribution in [1.29, 1.82) is 0 Å². The molecule has 1 aromatic carbocycles. The molecule has 1 amide bonds. The van der Waals surface area contributed by atoms with E-state index < -0.39 is 33.3 Å². The van der Waals surface area contributed by atoms with Crippen molar-refractivity contribution < 1.29 is 17.6 Å². The second-order valence-corrected chi connectivity index (χ2v) is 7.52. The molecule has 4 N–H and O–H groups in total. The number of nitrogen functional groups attached to an aromatic ring is 1. The Hall–Kier alpha value is -1.67. The summed E-state index contributed by atoms with van der Waals surface area (Å²) in [6.45, 7) is 6.74. The number of hydrogen-bond donors (Lipinski definition) is 3. The highest BCUT2D eigenvalue weighted by Gasteiger charge is 2.25. The van der Waals surface area contributed by atoms with Crippen LogP contribution < -0.4 is 15.8 Å². The fraction of sp³-hybridized carbons (Fsp3) is 0.462. The first-order chi connectivity index (χ1) is 9.40. The van der Waals surface area contributed by atoms with Gasteiger partial charge in [-0.3, -0.25) is 4.79 Å². The zero-order valence-corrected chi connectivity index (χ0v) is 13.2. The first-order valence-electron chi connectivity index (χ1n) is 6.31. The Bertz CT molecular complexity index is 618. The van der Waals surface area contributed by atoms with Crippen LogP contribution >= 0.6 is 0 Å². The normalized spacial score (nSPS) is 13.8. The number of sulfonamides is 1. The van der Waals surface area contributed by atoms with E-state index in [0.717, 1.165) is 18.2 Å². The Labute approximate surface area is 124 Å². The molecule has 0 spiro atoms. The summed E-state index contributed by atoms with van der Waals surface area (Å²) in [5.41, 5.74) is 4.92. The van der Waals surface area contributed by atoms with Crippen LogP contribution in [0, 0.1) is 5.82 Å². The molecule has 0 saturated carbocycles. The highest BCUT2D eigenvalue weighted by Crippen LogP contribution is 2.16. The third-order valence-electron chi connectivity index (χ3n) is 2.43. The molecule has 0 saturated heterocycles. The smallest absolute Gasteiger partial charge is 0.241 e. The molecule has 1 rings (SSSR count). The molecule has 1 atom stereocenters. The van der Waals surface area contributed by atoms with Gasteiger partial charge in [0.15, 0.2) is 0 Å². The molecule has 1 aromatic rings. The predicted octanol–water partition coefficient (Wildman–Crippen LogP) is 0.989. The fourth-order valence-corrected chi connectivity index (χ4v) is 2.84. The second kappa shape index (κ2) is 5.98. The molecule has 0 aliphatic carbocycles. The SMILES string of the molecule is CC(NS(=O)(=O)c1cc(N)cc(F)c1)C(=O)NC(C)(C)C. The number of amides is 1. The van der Waals surface area contributed by atoms with Crippen molar-refractivity contribution in [2.75, 3.05) is 5.73 Å². The van der Waals surface area contributed by atoms with Crippen molar-refractivity contribution >= 4 is 21.6 Å². The van der Waals surface area contributed by atoms with Gasteiger partial charge in [-0.05, 0) is 45.9 Å². The fourth-order valence-electron chi connectivity index (χ4n) is 1.57. The molecule has 21 heavy (non-hydrogen) atoms. The van der Waals surface area contributed by atoms with Gasteiger partial charge >= 0.3 is 0 Å². The molecule has 0 bridgehead atoms. The number of hydrogen-bond acceptors (Lipinski definition) is 4. The number of carbonyl (C=O) groups excluding carboxylic acids is 1. The Morgan fingerprint density at radius 3 is 2.33 bits per heavy atom. The number of carbonyl (C=O) groups is 1. The topological polar surface area (TPSA) is 101 Å². The number of nitrogens with two attached hydrogens (primary N) is 1. The van der Waals surface area contributed by atoms with Gasteiger partial charge in [-0.25, -0.2) is 12.8 Å². The minimum absolute atomic E-state index is 0.0119. The van der Waals surface area contributed by atoms with E-state index in [9.17, 15) is 17.6 Å². The maximum Gasteiger partial charge on any atom is 0.241 e. The minimum atomic E-state index is -4.04. The van der Waals surface area contributed by atoms with Gasteiger partial charge in [-0.15, -0.1) is 0 Å². The number of nitrogens with one attached hydrogen (secondary N) is 2. The van der Waals surface area contributed by atoms with Gasteiger partial charge in [0.2, 0.25) is 15.9 Å². The van der Waals surface area contributed by atoms with Crippen LogP contribution in [-0.4, -0.2) is 25.9 Å². The van der Waals surface area contributed by atoms with Crippen molar-refractivity contribution in [3.63, 3.8) is 0 Å².